The highest BCUT2D eigenvalue weighted by molar-refractivity contribution is 5.96. The van der Waals surface area contributed by atoms with E-state index in [-0.39, 0.29) is 18.4 Å². The number of carbonyl (C=O) groups excluding carboxylic acids is 1. The van der Waals surface area contributed by atoms with Gasteiger partial charge in [-0.05, 0) is 38.5 Å². The summed E-state index contributed by atoms with van der Waals surface area (Å²) in [5, 5.41) is 23.6. The highest BCUT2D eigenvalue weighted by atomic mass is 19.4. The third-order valence-electron chi connectivity index (χ3n) is 7.25. The van der Waals surface area contributed by atoms with E-state index in [9.17, 15) is 23.1 Å². The van der Waals surface area contributed by atoms with Gasteiger partial charge >= 0.3 is 6.18 Å². The topological polar surface area (TPSA) is 85.4 Å². The molecule has 2 aromatic rings. The number of aliphatic hydroxyl groups is 1. The van der Waals surface area contributed by atoms with Gasteiger partial charge in [0.1, 0.15) is 0 Å². The number of piperidine rings is 1. The van der Waals surface area contributed by atoms with Crippen LogP contribution in [-0.2, 0) is 13.2 Å². The molecule has 0 bridgehead atoms. The van der Waals surface area contributed by atoms with Crippen LogP contribution in [0.5, 0.6) is 0 Å². The van der Waals surface area contributed by atoms with Crippen LogP contribution in [0.25, 0.3) is 0 Å². The summed E-state index contributed by atoms with van der Waals surface area (Å²) in [5.74, 6) is -0.230. The number of amides is 1. The Morgan fingerprint density at radius 3 is 2.64 bits per heavy atom. The summed E-state index contributed by atoms with van der Waals surface area (Å²) in [5.41, 5.74) is 0.506. The van der Waals surface area contributed by atoms with Gasteiger partial charge < -0.3 is 14.9 Å². The number of hydrogen-bond donors (Lipinski definition) is 1. The molecule has 0 spiro atoms. The van der Waals surface area contributed by atoms with Crippen LogP contribution in [0.4, 0.5) is 18.9 Å². The molecule has 2 fully saturated rings. The number of nitrogens with zero attached hydrogens (tertiary/aromatic N) is 5. The highest BCUT2D eigenvalue weighted by Gasteiger charge is 2.51. The van der Waals surface area contributed by atoms with Crippen LogP contribution in [0.3, 0.4) is 0 Å². The second-order valence-electron chi connectivity index (χ2n) is 9.11. The van der Waals surface area contributed by atoms with Crippen molar-refractivity contribution in [2.75, 3.05) is 37.7 Å². The molecule has 0 saturated carbocycles. The van der Waals surface area contributed by atoms with Crippen LogP contribution in [0.1, 0.15) is 39.3 Å². The molecule has 0 aliphatic carbocycles. The number of halogens is 3. The molecule has 7 nitrogen and oxygen atoms in total. The molecular formula is C23H26F3N5O2. The van der Waals surface area contributed by atoms with Crippen molar-refractivity contribution in [2.24, 2.45) is 18.4 Å². The number of rotatable bonds is 3. The molecule has 1 N–H and O–H groups in total. The van der Waals surface area contributed by atoms with Crippen molar-refractivity contribution in [3.63, 3.8) is 0 Å². The van der Waals surface area contributed by atoms with E-state index in [1.807, 2.05) is 11.8 Å². The van der Waals surface area contributed by atoms with Gasteiger partial charge in [-0.1, -0.05) is 0 Å². The zero-order chi connectivity index (χ0) is 24.1. The van der Waals surface area contributed by atoms with E-state index >= 15 is 0 Å². The summed E-state index contributed by atoms with van der Waals surface area (Å²) in [6, 6.07) is 5.35. The van der Waals surface area contributed by atoms with Crippen molar-refractivity contribution in [1.29, 1.82) is 5.26 Å². The summed E-state index contributed by atoms with van der Waals surface area (Å²) in [6.07, 6.45) is -4.08. The smallest absolute Gasteiger partial charge is 0.396 e. The van der Waals surface area contributed by atoms with Gasteiger partial charge in [0.2, 0.25) is 0 Å². The Labute approximate surface area is 190 Å². The van der Waals surface area contributed by atoms with E-state index in [2.05, 4.69) is 5.10 Å². The Hall–Kier alpha value is -3.06. The predicted molar refractivity (Wildman–Crippen MR) is 115 cm³/mol. The second kappa shape index (κ2) is 8.06. The lowest BCUT2D eigenvalue weighted by Gasteiger charge is -2.43. The minimum Gasteiger partial charge on any atom is -0.396 e. The van der Waals surface area contributed by atoms with Crippen LogP contribution < -0.4 is 4.90 Å². The maximum absolute atomic E-state index is 13.4. The van der Waals surface area contributed by atoms with E-state index in [1.165, 1.54) is 12.1 Å². The van der Waals surface area contributed by atoms with E-state index in [0.717, 1.165) is 11.8 Å². The SMILES string of the molecule is Cc1nn(C)c(C)c1C(=O)N1C[C@H]2CN(c3ccc(C#N)c(C(F)(F)F)c3)CC[C@@]2(CO)C1. The van der Waals surface area contributed by atoms with Crippen LogP contribution >= 0.6 is 0 Å². The lowest BCUT2D eigenvalue weighted by atomic mass is 9.73. The Morgan fingerprint density at radius 1 is 1.33 bits per heavy atom. The fourth-order valence-corrected chi connectivity index (χ4v) is 5.23. The van der Waals surface area contributed by atoms with E-state index in [1.54, 1.807) is 29.6 Å². The first-order valence-corrected chi connectivity index (χ1v) is 10.8. The molecule has 2 aliphatic rings. The first-order chi connectivity index (χ1) is 15.5. The zero-order valence-electron chi connectivity index (χ0n) is 18.8. The molecule has 0 unspecified atom stereocenters. The first-order valence-electron chi connectivity index (χ1n) is 10.8. The Bertz CT molecular complexity index is 1140. The molecule has 0 radical (unpaired) electrons. The number of fused-ring (bicyclic) bond motifs is 1. The van der Waals surface area contributed by atoms with Crippen LogP contribution in [0.2, 0.25) is 0 Å². The van der Waals surface area contributed by atoms with E-state index < -0.39 is 22.7 Å². The summed E-state index contributed by atoms with van der Waals surface area (Å²) >= 11 is 0. The molecule has 3 heterocycles. The summed E-state index contributed by atoms with van der Waals surface area (Å²) in [6.45, 7) is 5.20. The fraction of sp³-hybridized carbons (Fsp3) is 0.522. The number of aromatic nitrogens is 2. The number of nitriles is 1. The third-order valence-corrected chi connectivity index (χ3v) is 7.25. The van der Waals surface area contributed by atoms with Gasteiger partial charge in [0.25, 0.3) is 5.91 Å². The Kier molecular flexibility index (Phi) is 5.65. The van der Waals surface area contributed by atoms with E-state index in [4.69, 9.17) is 5.26 Å². The minimum atomic E-state index is -4.62. The molecular weight excluding hydrogens is 435 g/mol. The normalized spacial score (nSPS) is 22.9. The number of aryl methyl sites for hydroxylation is 2. The van der Waals surface area contributed by atoms with Gasteiger partial charge in [-0.3, -0.25) is 9.48 Å². The molecule has 176 valence electrons. The number of anilines is 1. The predicted octanol–water partition coefficient (Wildman–Crippen LogP) is 2.89. The number of benzene rings is 1. The molecule has 4 rings (SSSR count). The van der Waals surface area contributed by atoms with Crippen molar-refractivity contribution < 1.29 is 23.1 Å². The monoisotopic (exact) mass is 461 g/mol. The maximum atomic E-state index is 13.4. The number of hydrogen-bond acceptors (Lipinski definition) is 5. The highest BCUT2D eigenvalue weighted by Crippen LogP contribution is 2.45. The zero-order valence-corrected chi connectivity index (χ0v) is 18.8. The van der Waals surface area contributed by atoms with Gasteiger partial charge in [0.05, 0.1) is 35.1 Å². The van der Waals surface area contributed by atoms with Gasteiger partial charge in [0, 0.05) is 55.9 Å². The second-order valence-corrected chi connectivity index (χ2v) is 9.11. The average molecular weight is 461 g/mol. The average Bonchev–Trinajstić information content (AvgIpc) is 3.28. The molecule has 33 heavy (non-hydrogen) atoms. The molecule has 10 heteroatoms. The largest absolute Gasteiger partial charge is 0.417 e. The van der Waals surface area contributed by atoms with Crippen LogP contribution in [-0.4, -0.2) is 58.5 Å². The lowest BCUT2D eigenvalue weighted by Crippen LogP contribution is -2.49. The van der Waals surface area contributed by atoms with E-state index in [0.29, 0.717) is 49.5 Å². The Morgan fingerprint density at radius 2 is 2.06 bits per heavy atom. The van der Waals surface area contributed by atoms with Crippen molar-refractivity contribution >= 4 is 11.6 Å². The van der Waals surface area contributed by atoms with Crippen molar-refractivity contribution in [2.45, 2.75) is 26.4 Å². The number of aliphatic hydroxyl groups excluding tert-OH is 1. The molecule has 2 atom stereocenters. The molecule has 1 aromatic heterocycles. The first kappa shape index (κ1) is 23.1. The van der Waals surface area contributed by atoms with Crippen molar-refractivity contribution in [1.82, 2.24) is 14.7 Å². The standard InChI is InChI=1S/C23H26F3N5O2/c1-14-20(15(2)29(3)28-14)21(33)31-11-17-10-30(7-6-22(17,12-31)13-32)18-5-4-16(9-27)19(8-18)23(24,25)26/h4-5,8,17,32H,6-7,10-13H2,1-3H3/t17-,22+/m1/s1. The summed E-state index contributed by atoms with van der Waals surface area (Å²) in [4.78, 5) is 16.9. The quantitative estimate of drug-likeness (QED) is 0.760. The summed E-state index contributed by atoms with van der Waals surface area (Å²) in [7, 11) is 1.78. The molecule has 2 aliphatic heterocycles. The molecule has 1 aromatic carbocycles. The lowest BCUT2D eigenvalue weighted by molar-refractivity contribution is -0.137. The Balaban J connectivity index is 1.59. The molecule has 2 saturated heterocycles. The summed E-state index contributed by atoms with van der Waals surface area (Å²) < 4.78 is 41.9. The number of alkyl halides is 3. The van der Waals surface area contributed by atoms with Crippen molar-refractivity contribution in [3.8, 4) is 6.07 Å². The fourth-order valence-electron chi connectivity index (χ4n) is 5.23. The number of likely N-dealkylation sites (tertiary alicyclic amines) is 1. The van der Waals surface area contributed by atoms with Gasteiger partial charge in [0.15, 0.2) is 0 Å². The maximum Gasteiger partial charge on any atom is 0.417 e. The number of carbonyl (C=O) groups is 1. The van der Waals surface area contributed by atoms with Crippen LogP contribution in [0, 0.1) is 36.5 Å². The van der Waals surface area contributed by atoms with Crippen molar-refractivity contribution in [3.05, 3.63) is 46.3 Å². The van der Waals surface area contributed by atoms with Gasteiger partial charge in [-0.2, -0.15) is 23.5 Å². The molecule has 1 amide bonds. The third kappa shape index (κ3) is 3.84. The minimum absolute atomic E-state index is 0.0949. The van der Waals surface area contributed by atoms with Crippen LogP contribution in [0.15, 0.2) is 18.2 Å². The van der Waals surface area contributed by atoms with Gasteiger partial charge in [-0.15, -0.1) is 0 Å². The van der Waals surface area contributed by atoms with Gasteiger partial charge in [-0.25, -0.2) is 0 Å².